The Morgan fingerprint density at radius 2 is 0.701 bits per heavy atom. The van der Waals surface area contributed by atoms with Crippen LogP contribution in [0.2, 0.25) is 0 Å². The second-order valence-corrected chi connectivity index (χ2v) is 26.7. The molecule has 0 N–H and O–H groups in total. The number of aryl methyl sites for hydroxylation is 4. The lowest BCUT2D eigenvalue weighted by Gasteiger charge is -2.46. The van der Waals surface area contributed by atoms with Crippen molar-refractivity contribution in [3.63, 3.8) is 0 Å². The molecule has 0 atom stereocenters. The molecule has 0 fully saturated rings. The molecule has 14 rings (SSSR count). The van der Waals surface area contributed by atoms with Crippen LogP contribution in [0.1, 0.15) is 22.3 Å². The Balaban J connectivity index is 1.10. The van der Waals surface area contributed by atoms with E-state index < -0.39 is 8.07 Å². The fourth-order valence-electron chi connectivity index (χ4n) is 12.5. The van der Waals surface area contributed by atoms with Gasteiger partial charge in [-0.3, -0.25) is 0 Å². The lowest BCUT2D eigenvalue weighted by molar-refractivity contribution is 1.22. The van der Waals surface area contributed by atoms with E-state index >= 15 is 0 Å². The van der Waals surface area contributed by atoms with Crippen molar-refractivity contribution in [2.45, 2.75) is 47.3 Å². The quantitative estimate of drug-likeness (QED) is 0.133. The van der Waals surface area contributed by atoms with Gasteiger partial charge in [-0.05, 0) is 185 Å². The van der Waals surface area contributed by atoms with E-state index in [2.05, 4.69) is 297 Å². The first-order valence-electron chi connectivity index (χ1n) is 26.6. The zero-order chi connectivity index (χ0) is 51.8. The second-order valence-electron chi connectivity index (χ2n) is 20.8. The van der Waals surface area contributed by atoms with Crippen molar-refractivity contribution in [1.29, 1.82) is 0 Å². The normalized spacial score (nSPS) is 13.4. The van der Waals surface area contributed by atoms with Crippen LogP contribution in [0, 0.1) is 27.7 Å². The molecule has 3 aliphatic rings. The van der Waals surface area contributed by atoms with E-state index in [4.69, 9.17) is 0 Å². The van der Waals surface area contributed by atoms with Gasteiger partial charge in [-0.25, -0.2) is 0 Å². The Labute approximate surface area is 462 Å². The average Bonchev–Trinajstić information content (AvgIpc) is 3.45. The topological polar surface area (TPSA) is 9.72 Å². The van der Waals surface area contributed by atoms with E-state index in [-0.39, 0.29) is 6.71 Å². The lowest BCUT2D eigenvalue weighted by atomic mass is 9.36. The summed E-state index contributed by atoms with van der Waals surface area (Å²) < 4.78 is 0. The van der Waals surface area contributed by atoms with Crippen molar-refractivity contribution >= 4 is 127 Å². The first-order chi connectivity index (χ1) is 37.8. The Morgan fingerprint density at radius 3 is 1.09 bits per heavy atom. The molecular weight excluding hydrogens is 986 g/mol. The largest absolute Gasteiger partial charge is 0.311 e. The molecule has 77 heavy (non-hydrogen) atoms. The third kappa shape index (κ3) is 7.98. The van der Waals surface area contributed by atoms with E-state index in [1.54, 1.807) is 0 Å². The van der Waals surface area contributed by atoms with Gasteiger partial charge >= 0.3 is 0 Å². The van der Waals surface area contributed by atoms with Crippen molar-refractivity contribution < 1.29 is 0 Å². The minimum absolute atomic E-state index is 0.162. The molecule has 0 radical (unpaired) electrons. The fourth-order valence-corrected chi connectivity index (χ4v) is 20.1. The van der Waals surface area contributed by atoms with E-state index in [9.17, 15) is 0 Å². The average molecular weight is 1040 g/mol. The Morgan fingerprint density at radius 1 is 0.338 bits per heavy atom. The summed E-state index contributed by atoms with van der Waals surface area (Å²) in [6.45, 7) is 8.93. The van der Waals surface area contributed by atoms with Crippen molar-refractivity contribution in [2.75, 3.05) is 14.7 Å². The van der Waals surface area contributed by atoms with Gasteiger partial charge in [0.1, 0.15) is 0 Å². The molecule has 0 aromatic heterocycles. The maximum atomic E-state index is 2.62. The molecular formula is C70H54BN3S2Si. The van der Waals surface area contributed by atoms with Gasteiger partial charge in [0.25, 0.3) is 0 Å². The number of nitrogens with zero attached hydrogens (tertiary/aromatic N) is 3. The molecule has 3 heterocycles. The predicted octanol–water partition coefficient (Wildman–Crippen LogP) is 14.5. The molecule has 368 valence electrons. The van der Waals surface area contributed by atoms with E-state index in [0.29, 0.717) is 0 Å². The van der Waals surface area contributed by atoms with E-state index in [0.717, 1.165) is 39.8 Å². The van der Waals surface area contributed by atoms with Gasteiger partial charge in [-0.1, -0.05) is 180 Å². The van der Waals surface area contributed by atoms with Crippen molar-refractivity contribution in [3.05, 3.63) is 277 Å². The lowest BCUT2D eigenvalue weighted by Crippen LogP contribution is -2.77. The van der Waals surface area contributed by atoms with Crippen LogP contribution in [0.5, 0.6) is 0 Å². The van der Waals surface area contributed by atoms with Gasteiger partial charge < -0.3 is 14.7 Å². The minimum atomic E-state index is -3.30. The van der Waals surface area contributed by atoms with Crippen LogP contribution in [0.25, 0.3) is 0 Å². The van der Waals surface area contributed by atoms with E-state index in [1.807, 2.05) is 23.5 Å². The third-order valence-electron chi connectivity index (χ3n) is 15.8. The maximum absolute atomic E-state index is 3.30. The molecule has 0 spiro atoms. The number of benzene rings is 11. The van der Waals surface area contributed by atoms with Crippen LogP contribution in [0.4, 0.5) is 51.2 Å². The highest BCUT2D eigenvalue weighted by atomic mass is 32.2. The number of fused-ring (bicyclic) bond motifs is 6. The molecule has 0 saturated heterocycles. The van der Waals surface area contributed by atoms with Crippen LogP contribution < -0.4 is 51.8 Å². The van der Waals surface area contributed by atoms with Crippen molar-refractivity contribution in [1.82, 2.24) is 0 Å². The summed E-state index contributed by atoms with van der Waals surface area (Å²) >= 11 is 3.84. The van der Waals surface area contributed by atoms with Crippen LogP contribution in [-0.4, -0.2) is 14.8 Å². The SMILES string of the molecule is Cc1cccc(N(c2cccc(C)c2)c2ccc3c(c2)[Si](c2ccccc2)(c2ccccc2)c2cc(N(c4cccc(C)c4)c4cccc(C)c4)ccc2N3c2cc3c4c(c2)Sc2ccccc2B4c2ccccc2S3)c1. The molecule has 0 aliphatic carbocycles. The van der Waals surface area contributed by atoms with Gasteiger partial charge in [-0.15, -0.1) is 0 Å². The second kappa shape index (κ2) is 19.1. The number of hydrogen-bond acceptors (Lipinski definition) is 5. The predicted molar refractivity (Wildman–Crippen MR) is 332 cm³/mol. The Bertz CT molecular complexity index is 3760. The fraction of sp³-hybridized carbons (Fsp3) is 0.0571. The summed E-state index contributed by atoms with van der Waals surface area (Å²) in [5.41, 5.74) is 19.4. The van der Waals surface area contributed by atoms with Gasteiger partial charge in [0.05, 0.1) is 0 Å². The smallest absolute Gasteiger partial charge is 0.247 e. The number of anilines is 9. The summed E-state index contributed by atoms with van der Waals surface area (Å²) in [4.78, 5) is 12.8. The molecule has 0 saturated carbocycles. The van der Waals surface area contributed by atoms with Crippen LogP contribution in [-0.2, 0) is 0 Å². The first kappa shape index (κ1) is 47.3. The zero-order valence-corrected chi connectivity index (χ0v) is 46.1. The maximum Gasteiger partial charge on any atom is 0.247 e. The molecule has 0 unspecified atom stereocenters. The molecule has 0 bridgehead atoms. The summed E-state index contributed by atoms with van der Waals surface area (Å²) in [7, 11) is -3.30. The molecule has 3 aliphatic heterocycles. The molecule has 11 aromatic rings. The highest BCUT2D eigenvalue weighted by Crippen LogP contribution is 2.48. The zero-order valence-electron chi connectivity index (χ0n) is 43.5. The monoisotopic (exact) mass is 1040 g/mol. The summed E-state index contributed by atoms with van der Waals surface area (Å²) in [5.74, 6) is 0. The highest BCUT2D eigenvalue weighted by molar-refractivity contribution is 8.01. The molecule has 0 amide bonds. The number of hydrogen-bond donors (Lipinski definition) is 0. The summed E-state index contributed by atoms with van der Waals surface area (Å²) in [6.07, 6.45) is 0. The molecule has 7 heteroatoms. The summed E-state index contributed by atoms with van der Waals surface area (Å²) in [6, 6.07) is 96.7. The van der Waals surface area contributed by atoms with Crippen LogP contribution in [0.15, 0.2) is 274 Å². The van der Waals surface area contributed by atoms with Crippen molar-refractivity contribution in [2.24, 2.45) is 0 Å². The standard InChI is InChI=1S/C70H54BN3S2Si/c1-47-19-15-23-51(39-47)72(52-24-16-20-48(2)40-52)55-35-37-62-68(45-55)77(58-27-7-5-8-28-58,59-29-9-6-10-30-59)69-46-56(73(53-25-17-21-49(3)41-53)54-26-18-22-50(4)42-54)36-38-63(69)74(62)57-43-66-70-67(44-57)76-65-34-14-12-32-61(65)71(70)60-31-11-13-33-64(60)75-66/h5-46H,1-4H3. The van der Waals surface area contributed by atoms with Gasteiger partial charge in [0.2, 0.25) is 6.71 Å². The van der Waals surface area contributed by atoms with Gasteiger partial charge in [0.15, 0.2) is 8.07 Å². The molecule has 11 aromatic carbocycles. The summed E-state index contributed by atoms with van der Waals surface area (Å²) in [5, 5.41) is 5.34. The van der Waals surface area contributed by atoms with Crippen molar-refractivity contribution in [3.8, 4) is 0 Å². The number of rotatable bonds is 9. The van der Waals surface area contributed by atoms with Gasteiger partial charge in [0, 0.05) is 70.8 Å². The van der Waals surface area contributed by atoms with Gasteiger partial charge in [-0.2, -0.15) is 0 Å². The van der Waals surface area contributed by atoms with E-state index in [1.165, 1.54) is 90.3 Å². The molecule has 3 nitrogen and oxygen atoms in total. The Kier molecular flexibility index (Phi) is 11.7. The first-order valence-corrected chi connectivity index (χ1v) is 30.2. The van der Waals surface area contributed by atoms with Crippen LogP contribution in [0.3, 0.4) is 0 Å². The Hall–Kier alpha value is -8.20. The minimum Gasteiger partial charge on any atom is -0.311 e. The third-order valence-corrected chi connectivity index (χ3v) is 22.9. The van der Waals surface area contributed by atoms with Crippen LogP contribution >= 0.6 is 23.5 Å². The highest BCUT2D eigenvalue weighted by Gasteiger charge is 2.50.